The van der Waals surface area contributed by atoms with E-state index < -0.39 is 28.7 Å². The normalized spacial score (nSPS) is 10.3. The molecule has 3 rings (SSSR count). The Morgan fingerprint density at radius 2 is 2.00 bits per heavy atom. The molecule has 0 bridgehead atoms. The minimum Gasteiger partial charge on any atom is -0.472 e. The molecule has 1 aromatic heterocycles. The predicted octanol–water partition coefficient (Wildman–Crippen LogP) is 3.68. The van der Waals surface area contributed by atoms with Gasteiger partial charge in [0.15, 0.2) is 5.82 Å². The average Bonchev–Trinajstić information content (AvgIpc) is 3.17. The molecule has 0 radical (unpaired) electrons. The number of nitrogen functional groups attached to an aromatic ring is 1. The molecule has 134 valence electrons. The zero-order valence-corrected chi connectivity index (χ0v) is 13.7. The topological polar surface area (TPSA) is 116 Å². The SMILES string of the molecule is N#Cc1ccc(F)c(C(=O)Nc2ccc(N)c(C(=N)c3ccoc3)c2)c1F. The van der Waals surface area contributed by atoms with Crippen LogP contribution in [0, 0.1) is 28.4 Å². The van der Waals surface area contributed by atoms with Gasteiger partial charge in [-0.1, -0.05) is 0 Å². The number of carbonyl (C=O) groups is 1. The first-order chi connectivity index (χ1) is 12.9. The zero-order chi connectivity index (χ0) is 19.6. The number of amides is 1. The van der Waals surface area contributed by atoms with Crippen LogP contribution in [0.5, 0.6) is 0 Å². The average molecular weight is 366 g/mol. The fraction of sp³-hybridized carbons (Fsp3) is 0. The van der Waals surface area contributed by atoms with Crippen LogP contribution in [0.15, 0.2) is 53.3 Å². The number of hydrogen-bond donors (Lipinski definition) is 3. The van der Waals surface area contributed by atoms with Crippen LogP contribution < -0.4 is 11.1 Å². The molecule has 1 amide bonds. The van der Waals surface area contributed by atoms with Crippen LogP contribution in [0.25, 0.3) is 0 Å². The molecule has 8 heteroatoms. The number of nitrogens with zero attached hydrogens (tertiary/aromatic N) is 1. The summed E-state index contributed by atoms with van der Waals surface area (Å²) in [6.45, 7) is 0. The monoisotopic (exact) mass is 366 g/mol. The summed E-state index contributed by atoms with van der Waals surface area (Å²) in [6, 6.07) is 9.23. The third kappa shape index (κ3) is 3.39. The maximum Gasteiger partial charge on any atom is 0.261 e. The summed E-state index contributed by atoms with van der Waals surface area (Å²) < 4.78 is 33.0. The summed E-state index contributed by atoms with van der Waals surface area (Å²) >= 11 is 0. The maximum atomic E-state index is 14.2. The Hall–Kier alpha value is -3.99. The second kappa shape index (κ2) is 7.09. The Bertz CT molecular complexity index is 1090. The number of nitriles is 1. The molecule has 1 heterocycles. The second-order valence-electron chi connectivity index (χ2n) is 5.54. The highest BCUT2D eigenvalue weighted by Crippen LogP contribution is 2.23. The van der Waals surface area contributed by atoms with E-state index in [4.69, 9.17) is 20.8 Å². The molecule has 0 fully saturated rings. The van der Waals surface area contributed by atoms with Gasteiger partial charge in [-0.25, -0.2) is 8.78 Å². The molecule has 0 unspecified atom stereocenters. The van der Waals surface area contributed by atoms with E-state index in [9.17, 15) is 13.6 Å². The van der Waals surface area contributed by atoms with Crippen molar-refractivity contribution in [2.24, 2.45) is 0 Å². The van der Waals surface area contributed by atoms with Gasteiger partial charge < -0.3 is 15.5 Å². The fourth-order valence-electron chi connectivity index (χ4n) is 2.45. The van der Waals surface area contributed by atoms with Crippen LogP contribution >= 0.6 is 0 Å². The van der Waals surface area contributed by atoms with Crippen molar-refractivity contribution in [1.29, 1.82) is 10.7 Å². The van der Waals surface area contributed by atoms with Crippen molar-refractivity contribution >= 4 is 23.0 Å². The molecule has 4 N–H and O–H groups in total. The van der Waals surface area contributed by atoms with E-state index in [0.29, 0.717) is 11.1 Å². The quantitative estimate of drug-likeness (QED) is 0.482. The highest BCUT2D eigenvalue weighted by Gasteiger charge is 2.21. The minimum absolute atomic E-state index is 0.0567. The van der Waals surface area contributed by atoms with Crippen molar-refractivity contribution in [3.8, 4) is 6.07 Å². The standard InChI is InChI=1S/C19H12F2N4O2/c20-14-3-1-10(8-22)17(21)16(14)19(26)25-12-2-4-15(23)13(7-12)18(24)11-5-6-27-9-11/h1-7,9,24H,23H2,(H,25,26). The molecule has 0 saturated carbocycles. The predicted molar refractivity (Wildman–Crippen MR) is 94.5 cm³/mol. The van der Waals surface area contributed by atoms with Gasteiger partial charge in [0.1, 0.15) is 17.4 Å². The molecule has 0 spiro atoms. The smallest absolute Gasteiger partial charge is 0.261 e. The largest absolute Gasteiger partial charge is 0.472 e. The van der Waals surface area contributed by atoms with Crippen LogP contribution in [-0.2, 0) is 0 Å². The molecule has 0 aliphatic rings. The Morgan fingerprint density at radius 3 is 2.67 bits per heavy atom. The molecule has 0 aliphatic heterocycles. The lowest BCUT2D eigenvalue weighted by Crippen LogP contribution is -2.17. The Balaban J connectivity index is 1.93. The number of furan rings is 1. The number of carbonyl (C=O) groups excluding carboxylic acids is 1. The fourth-order valence-corrected chi connectivity index (χ4v) is 2.45. The number of anilines is 2. The third-order valence-electron chi connectivity index (χ3n) is 3.83. The molecule has 0 atom stereocenters. The van der Waals surface area contributed by atoms with Gasteiger partial charge >= 0.3 is 0 Å². The van der Waals surface area contributed by atoms with Crippen LogP contribution in [-0.4, -0.2) is 11.6 Å². The van der Waals surface area contributed by atoms with Gasteiger partial charge in [0, 0.05) is 22.5 Å². The van der Waals surface area contributed by atoms with Crippen molar-refractivity contribution in [2.75, 3.05) is 11.1 Å². The second-order valence-corrected chi connectivity index (χ2v) is 5.54. The first-order valence-corrected chi connectivity index (χ1v) is 7.63. The van der Waals surface area contributed by atoms with Crippen LogP contribution in [0.3, 0.4) is 0 Å². The van der Waals surface area contributed by atoms with E-state index in [1.54, 1.807) is 12.1 Å². The minimum atomic E-state index is -1.24. The lowest BCUT2D eigenvalue weighted by Gasteiger charge is -2.11. The zero-order valence-electron chi connectivity index (χ0n) is 13.7. The molecular formula is C19H12F2N4O2. The molecule has 0 aliphatic carbocycles. The van der Waals surface area contributed by atoms with Crippen LogP contribution in [0.2, 0.25) is 0 Å². The van der Waals surface area contributed by atoms with Gasteiger partial charge in [0.25, 0.3) is 5.91 Å². The van der Waals surface area contributed by atoms with Gasteiger partial charge in [-0.05, 0) is 36.4 Å². The number of hydrogen-bond acceptors (Lipinski definition) is 5. The van der Waals surface area contributed by atoms with Gasteiger partial charge in [-0.3, -0.25) is 10.2 Å². The number of benzene rings is 2. The van der Waals surface area contributed by atoms with Gasteiger partial charge in [-0.2, -0.15) is 5.26 Å². The summed E-state index contributed by atoms with van der Waals surface area (Å²) in [7, 11) is 0. The lowest BCUT2D eigenvalue weighted by atomic mass is 10.0. The molecule has 27 heavy (non-hydrogen) atoms. The lowest BCUT2D eigenvalue weighted by molar-refractivity contribution is 0.101. The van der Waals surface area contributed by atoms with E-state index in [0.717, 1.165) is 12.1 Å². The summed E-state index contributed by atoms with van der Waals surface area (Å²) in [5, 5.41) is 19.4. The summed E-state index contributed by atoms with van der Waals surface area (Å²) in [4.78, 5) is 12.3. The Labute approximate surface area is 152 Å². The van der Waals surface area contributed by atoms with Crippen LogP contribution in [0.4, 0.5) is 20.2 Å². The highest BCUT2D eigenvalue weighted by molar-refractivity contribution is 6.14. The molecule has 6 nitrogen and oxygen atoms in total. The van der Waals surface area contributed by atoms with Gasteiger partial charge in [-0.15, -0.1) is 0 Å². The van der Waals surface area contributed by atoms with E-state index in [2.05, 4.69) is 5.32 Å². The van der Waals surface area contributed by atoms with Crippen molar-refractivity contribution < 1.29 is 18.0 Å². The first kappa shape index (κ1) is 17.8. The summed E-state index contributed by atoms with van der Waals surface area (Å²) in [5.41, 5.74) is 5.88. The molecule has 0 saturated heterocycles. The van der Waals surface area contributed by atoms with Gasteiger partial charge in [0.2, 0.25) is 0 Å². The molecule has 2 aromatic carbocycles. The first-order valence-electron chi connectivity index (χ1n) is 7.63. The van der Waals surface area contributed by atoms with E-state index >= 15 is 0 Å². The van der Waals surface area contributed by atoms with Crippen molar-refractivity contribution in [3.63, 3.8) is 0 Å². The number of nitrogens with two attached hydrogens (primary N) is 1. The Morgan fingerprint density at radius 1 is 1.22 bits per heavy atom. The van der Waals surface area contributed by atoms with E-state index in [-0.39, 0.29) is 17.1 Å². The maximum absolute atomic E-state index is 14.2. The molecular weight excluding hydrogens is 354 g/mol. The van der Waals surface area contributed by atoms with Crippen LogP contribution in [0.1, 0.15) is 27.0 Å². The molecule has 3 aromatic rings. The van der Waals surface area contributed by atoms with Crippen molar-refractivity contribution in [1.82, 2.24) is 0 Å². The van der Waals surface area contributed by atoms with Crippen molar-refractivity contribution in [2.45, 2.75) is 0 Å². The van der Waals surface area contributed by atoms with Gasteiger partial charge in [0.05, 0.1) is 23.8 Å². The highest BCUT2D eigenvalue weighted by atomic mass is 19.1. The number of nitrogens with one attached hydrogen (secondary N) is 2. The summed E-state index contributed by atoms with van der Waals surface area (Å²) in [6.07, 6.45) is 2.77. The number of halogens is 2. The number of rotatable bonds is 4. The summed E-state index contributed by atoms with van der Waals surface area (Å²) in [5.74, 6) is -3.39. The Kier molecular flexibility index (Phi) is 4.68. The van der Waals surface area contributed by atoms with Crippen molar-refractivity contribution in [3.05, 3.63) is 82.8 Å². The third-order valence-corrected chi connectivity index (χ3v) is 3.83. The van der Waals surface area contributed by atoms with E-state index in [1.165, 1.54) is 30.7 Å². The van der Waals surface area contributed by atoms with E-state index in [1.807, 2.05) is 0 Å².